The van der Waals surface area contributed by atoms with Gasteiger partial charge >= 0.3 is 29.6 Å². The number of carboxylic acid groups (broad SMARTS) is 1. The van der Waals surface area contributed by atoms with E-state index in [9.17, 15) is 24.3 Å². The van der Waals surface area contributed by atoms with Crippen LogP contribution in [0.5, 0.6) is 0 Å². The van der Waals surface area contributed by atoms with E-state index in [2.05, 4.69) is 15.5 Å². The molecule has 3 atom stereocenters. The van der Waals surface area contributed by atoms with Crippen LogP contribution in [0.15, 0.2) is 16.4 Å². The Bertz CT molecular complexity index is 1010. The number of β-lactam (4-membered cyclic amide) rings is 1. The van der Waals surface area contributed by atoms with Gasteiger partial charge in [-0.2, -0.15) is 0 Å². The fourth-order valence-corrected chi connectivity index (χ4v) is 5.32. The molecule has 3 fully saturated rings. The van der Waals surface area contributed by atoms with Crippen LogP contribution in [0.2, 0.25) is 0 Å². The van der Waals surface area contributed by atoms with Crippen molar-refractivity contribution in [3.8, 4) is 0 Å². The molecule has 0 radical (unpaired) electrons. The third-order valence-corrected chi connectivity index (χ3v) is 6.91. The Hall–Kier alpha value is -2.04. The number of tetrazole rings is 1. The van der Waals surface area contributed by atoms with Crippen LogP contribution in [0, 0.1) is 0 Å². The number of nitrogens with zero attached hydrogens (tertiary/aromatic N) is 7. The number of carbonyl (C=O) groups is 4. The van der Waals surface area contributed by atoms with Gasteiger partial charge in [0.1, 0.15) is 25.4 Å². The fourth-order valence-electron chi connectivity index (χ4n) is 4.39. The van der Waals surface area contributed by atoms with Crippen molar-refractivity contribution in [2.75, 3.05) is 38.8 Å². The van der Waals surface area contributed by atoms with E-state index in [1.165, 1.54) is 9.58 Å². The quantitative estimate of drug-likeness (QED) is 0.155. The van der Waals surface area contributed by atoms with E-state index >= 15 is 0 Å². The second-order valence-electron chi connectivity index (χ2n) is 7.54. The summed E-state index contributed by atoms with van der Waals surface area (Å²) in [6.45, 7) is 1.76. The summed E-state index contributed by atoms with van der Waals surface area (Å²) >= 11 is 1.13. The van der Waals surface area contributed by atoms with Crippen molar-refractivity contribution in [1.29, 1.82) is 0 Å². The maximum Gasteiger partial charge on any atom is 1.00 e. The van der Waals surface area contributed by atoms with Crippen LogP contribution in [-0.2, 0) is 35.2 Å². The van der Waals surface area contributed by atoms with Gasteiger partial charge in [0.05, 0.1) is 30.9 Å². The number of ether oxygens (including phenoxy) is 2. The van der Waals surface area contributed by atoms with E-state index in [1.54, 1.807) is 4.90 Å². The van der Waals surface area contributed by atoms with Gasteiger partial charge in [0.15, 0.2) is 0 Å². The van der Waals surface area contributed by atoms with Crippen LogP contribution >= 0.6 is 11.8 Å². The van der Waals surface area contributed by atoms with Crippen LogP contribution in [0.3, 0.4) is 0 Å². The van der Waals surface area contributed by atoms with Crippen LogP contribution in [0.1, 0.15) is 0 Å². The normalized spacial score (nSPS) is 26.0. The number of aliphatic carboxylic acids is 1. The third kappa shape index (κ3) is 4.06. The van der Waals surface area contributed by atoms with Crippen LogP contribution in [0.4, 0.5) is 0 Å². The van der Waals surface area contributed by atoms with Crippen molar-refractivity contribution < 1.29 is 63.3 Å². The molecule has 3 amide bonds. The molecule has 1 aromatic heterocycles. The smallest absolute Gasteiger partial charge is 0.543 e. The molecule has 0 spiro atoms. The molecule has 1 aromatic rings. The Morgan fingerprint density at radius 1 is 1.27 bits per heavy atom. The van der Waals surface area contributed by atoms with E-state index in [1.807, 2.05) is 0 Å². The molecular formula is C17H18N7NaO7S. The number of hydrogen-bond donors (Lipinski definition) is 0. The zero-order valence-electron chi connectivity index (χ0n) is 17.7. The van der Waals surface area contributed by atoms with E-state index in [-0.39, 0.29) is 60.2 Å². The molecule has 0 saturated carbocycles. The summed E-state index contributed by atoms with van der Waals surface area (Å²) in [6, 6.07) is -1.34. The van der Waals surface area contributed by atoms with Crippen molar-refractivity contribution in [3.05, 3.63) is 11.3 Å². The second-order valence-corrected chi connectivity index (χ2v) is 8.48. The number of carboxylic acids is 1. The van der Waals surface area contributed by atoms with Crippen molar-refractivity contribution in [2.24, 2.45) is 0 Å². The minimum absolute atomic E-state index is 0. The topological polar surface area (TPSA) is 163 Å². The molecule has 33 heavy (non-hydrogen) atoms. The van der Waals surface area contributed by atoms with E-state index < -0.39 is 30.1 Å². The Balaban J connectivity index is 0.00000259. The first-order chi connectivity index (χ1) is 15.5. The summed E-state index contributed by atoms with van der Waals surface area (Å²) in [5.74, 6) is -2.02. The Labute approximate surface area is 213 Å². The summed E-state index contributed by atoms with van der Waals surface area (Å²) in [4.78, 5) is 52.0. The first-order valence-corrected chi connectivity index (χ1v) is 10.8. The molecule has 0 N–H and O–H groups in total. The summed E-state index contributed by atoms with van der Waals surface area (Å²) in [5, 5.41) is 23.5. The van der Waals surface area contributed by atoms with Crippen molar-refractivity contribution >= 4 is 36.0 Å². The standard InChI is InChI=1S/C17H19N7O7S.Na/c25-7-22-8-31-14-9(11(16(28)29)24-12(14)13(22)15(24)27)6-32-17-18-19-20-23(17)5-10(26)21-1-3-30-4-2-21;/h7,12-14H,1-6,8H2,(H,28,29);/q;+1/p-1/t12-,13-,14?;/m0./s1. The van der Waals surface area contributed by atoms with Gasteiger partial charge in [-0.25, -0.2) is 4.68 Å². The van der Waals surface area contributed by atoms with Gasteiger partial charge in [-0.15, -0.1) is 5.10 Å². The number of thioether (sulfide) groups is 1. The van der Waals surface area contributed by atoms with E-state index in [0.29, 0.717) is 43.4 Å². The minimum Gasteiger partial charge on any atom is -0.543 e. The number of amides is 3. The number of morpholine rings is 1. The van der Waals surface area contributed by atoms with Crippen molar-refractivity contribution in [2.45, 2.75) is 29.9 Å². The van der Waals surface area contributed by atoms with Crippen LogP contribution in [-0.4, -0.2) is 116 Å². The largest absolute Gasteiger partial charge is 1.00 e. The third-order valence-electron chi connectivity index (χ3n) is 5.90. The molecule has 4 aliphatic heterocycles. The monoisotopic (exact) mass is 487 g/mol. The molecule has 16 heteroatoms. The van der Waals surface area contributed by atoms with E-state index in [4.69, 9.17) is 9.47 Å². The SMILES string of the molecule is O=CN1COC2C(CSc3nnnn3CC(=O)N3CCOCC3)=C(C(=O)[O-])N3C(=O)[C@@H]1[C@@H]23.[Na+]. The maximum absolute atomic E-state index is 12.5. The molecule has 5 rings (SSSR count). The Morgan fingerprint density at radius 3 is 2.73 bits per heavy atom. The van der Waals surface area contributed by atoms with Gasteiger partial charge in [-0.3, -0.25) is 19.3 Å². The summed E-state index contributed by atoms with van der Waals surface area (Å²) < 4.78 is 12.3. The summed E-state index contributed by atoms with van der Waals surface area (Å²) in [6.07, 6.45) is -0.158. The van der Waals surface area contributed by atoms with Crippen molar-refractivity contribution in [3.63, 3.8) is 0 Å². The molecule has 0 bridgehead atoms. The molecule has 3 saturated heterocycles. The molecular weight excluding hydrogens is 469 g/mol. The summed E-state index contributed by atoms with van der Waals surface area (Å²) in [5.41, 5.74) is 0.111. The summed E-state index contributed by atoms with van der Waals surface area (Å²) in [7, 11) is 0. The van der Waals surface area contributed by atoms with Crippen molar-refractivity contribution in [1.82, 2.24) is 34.9 Å². The molecule has 1 unspecified atom stereocenters. The predicted molar refractivity (Wildman–Crippen MR) is 100 cm³/mol. The number of hydrogen-bond acceptors (Lipinski definition) is 11. The first-order valence-electron chi connectivity index (χ1n) is 9.86. The van der Waals surface area contributed by atoms with E-state index in [0.717, 1.165) is 16.7 Å². The maximum atomic E-state index is 12.5. The van der Waals surface area contributed by atoms with Gasteiger partial charge in [0.25, 0.3) is 5.91 Å². The molecule has 14 nitrogen and oxygen atoms in total. The molecule has 0 aliphatic carbocycles. The zero-order chi connectivity index (χ0) is 22.4. The zero-order valence-corrected chi connectivity index (χ0v) is 20.5. The average molecular weight is 487 g/mol. The Morgan fingerprint density at radius 2 is 2.03 bits per heavy atom. The fraction of sp³-hybridized carbons (Fsp3) is 0.588. The molecule has 5 heterocycles. The number of carbonyl (C=O) groups excluding carboxylic acids is 4. The molecule has 0 aromatic carbocycles. The minimum atomic E-state index is -1.50. The van der Waals surface area contributed by atoms with Gasteiger partial charge in [-0.1, -0.05) is 11.8 Å². The average Bonchev–Trinajstić information content (AvgIpc) is 3.37. The second kappa shape index (κ2) is 9.68. The number of rotatable bonds is 7. The van der Waals surface area contributed by atoms with Gasteiger partial charge in [0, 0.05) is 18.8 Å². The first kappa shape index (κ1) is 24.1. The van der Waals surface area contributed by atoms with Gasteiger partial charge in [0.2, 0.25) is 17.5 Å². The van der Waals surface area contributed by atoms with Crippen LogP contribution < -0.4 is 34.7 Å². The van der Waals surface area contributed by atoms with Crippen LogP contribution in [0.25, 0.3) is 0 Å². The number of aromatic nitrogens is 4. The molecule has 4 aliphatic rings. The molecule has 170 valence electrons. The Kier molecular flexibility index (Phi) is 7.07. The van der Waals surface area contributed by atoms with Gasteiger partial charge < -0.3 is 29.2 Å². The predicted octanol–water partition coefficient (Wildman–Crippen LogP) is -6.96. The van der Waals surface area contributed by atoms with Gasteiger partial charge in [-0.05, 0) is 16.0 Å².